The summed E-state index contributed by atoms with van der Waals surface area (Å²) in [7, 11) is 0. The minimum Gasteiger partial charge on any atom is -0.454 e. The summed E-state index contributed by atoms with van der Waals surface area (Å²) in [5.41, 5.74) is 0. The van der Waals surface area contributed by atoms with Crippen LogP contribution in [0.1, 0.15) is 0 Å². The maximum absolute atomic E-state index is 10.9. The highest BCUT2D eigenvalue weighted by atomic mass is 16.5. The molecule has 6 nitrogen and oxygen atoms in total. The summed E-state index contributed by atoms with van der Waals surface area (Å²) in [6.45, 7) is 1.69. The molecule has 0 unspecified atom stereocenters. The van der Waals surface area contributed by atoms with Crippen LogP contribution in [0.15, 0.2) is 12.7 Å². The van der Waals surface area contributed by atoms with Gasteiger partial charge in [0.2, 0.25) is 5.78 Å². The Labute approximate surface area is 80.4 Å². The van der Waals surface area contributed by atoms with Gasteiger partial charge < -0.3 is 20.1 Å². The van der Waals surface area contributed by atoms with Gasteiger partial charge in [0.05, 0.1) is 6.61 Å². The van der Waals surface area contributed by atoms with Gasteiger partial charge in [0, 0.05) is 6.08 Å². The standard InChI is InChI=1S/C8H12O6/c1-2-7(12)14-4-6(11)8(13)5(10)3-9/h2,5,8-10,13H,1,3-4H2/t5-,8-/m1/s1. The molecule has 0 rings (SSSR count). The van der Waals surface area contributed by atoms with Crippen molar-refractivity contribution >= 4 is 11.8 Å². The normalized spacial score (nSPS) is 14.2. The summed E-state index contributed by atoms with van der Waals surface area (Å²) in [5, 5.41) is 26.2. The van der Waals surface area contributed by atoms with Crippen LogP contribution < -0.4 is 0 Å². The third-order valence-electron chi connectivity index (χ3n) is 1.40. The van der Waals surface area contributed by atoms with E-state index in [0.29, 0.717) is 0 Å². The molecule has 0 fully saturated rings. The smallest absolute Gasteiger partial charge is 0.330 e. The van der Waals surface area contributed by atoms with E-state index in [1.165, 1.54) is 0 Å². The first-order valence-electron chi connectivity index (χ1n) is 3.81. The van der Waals surface area contributed by atoms with Gasteiger partial charge in [-0.15, -0.1) is 0 Å². The Morgan fingerprint density at radius 1 is 1.43 bits per heavy atom. The molecular formula is C8H12O6. The topological polar surface area (TPSA) is 104 Å². The predicted molar refractivity (Wildman–Crippen MR) is 45.3 cm³/mol. The zero-order valence-electron chi connectivity index (χ0n) is 7.42. The van der Waals surface area contributed by atoms with Crippen molar-refractivity contribution in [3.8, 4) is 0 Å². The number of aliphatic hydroxyl groups is 3. The number of aliphatic hydroxyl groups excluding tert-OH is 3. The van der Waals surface area contributed by atoms with E-state index >= 15 is 0 Å². The number of ketones is 1. The Balaban J connectivity index is 3.95. The van der Waals surface area contributed by atoms with Crippen LogP contribution in [0.25, 0.3) is 0 Å². The molecule has 80 valence electrons. The summed E-state index contributed by atoms with van der Waals surface area (Å²) < 4.78 is 4.31. The molecule has 0 spiro atoms. The molecule has 0 aromatic rings. The molecule has 0 saturated heterocycles. The van der Waals surface area contributed by atoms with Crippen molar-refractivity contribution in [3.05, 3.63) is 12.7 Å². The second kappa shape index (κ2) is 6.25. The fraction of sp³-hybridized carbons (Fsp3) is 0.500. The molecule has 0 heterocycles. The van der Waals surface area contributed by atoms with Crippen LogP contribution >= 0.6 is 0 Å². The lowest BCUT2D eigenvalue weighted by molar-refractivity contribution is -0.149. The number of carbonyl (C=O) groups excluding carboxylic acids is 2. The molecule has 0 aliphatic carbocycles. The van der Waals surface area contributed by atoms with Crippen LogP contribution in [0.2, 0.25) is 0 Å². The zero-order valence-corrected chi connectivity index (χ0v) is 7.42. The van der Waals surface area contributed by atoms with Gasteiger partial charge in [-0.1, -0.05) is 6.58 Å². The Hall–Kier alpha value is -1.24. The molecule has 0 aromatic carbocycles. The zero-order chi connectivity index (χ0) is 11.1. The van der Waals surface area contributed by atoms with Crippen molar-refractivity contribution in [1.82, 2.24) is 0 Å². The molecule has 6 heteroatoms. The Morgan fingerprint density at radius 3 is 2.43 bits per heavy atom. The molecule has 0 aromatic heterocycles. The Morgan fingerprint density at radius 2 is 2.00 bits per heavy atom. The molecule has 0 radical (unpaired) electrons. The van der Waals surface area contributed by atoms with Crippen LogP contribution in [0.5, 0.6) is 0 Å². The summed E-state index contributed by atoms with van der Waals surface area (Å²) >= 11 is 0. The minimum atomic E-state index is -1.75. The third-order valence-corrected chi connectivity index (χ3v) is 1.40. The van der Waals surface area contributed by atoms with Gasteiger partial charge in [-0.3, -0.25) is 4.79 Å². The van der Waals surface area contributed by atoms with Crippen molar-refractivity contribution in [2.45, 2.75) is 12.2 Å². The van der Waals surface area contributed by atoms with Crippen LogP contribution in [-0.2, 0) is 14.3 Å². The molecular weight excluding hydrogens is 192 g/mol. The van der Waals surface area contributed by atoms with E-state index in [4.69, 9.17) is 15.3 Å². The number of ether oxygens (including phenoxy) is 1. The van der Waals surface area contributed by atoms with Gasteiger partial charge >= 0.3 is 5.97 Å². The molecule has 3 N–H and O–H groups in total. The van der Waals surface area contributed by atoms with Crippen LogP contribution in [0.4, 0.5) is 0 Å². The van der Waals surface area contributed by atoms with Gasteiger partial charge in [-0.2, -0.15) is 0 Å². The summed E-state index contributed by atoms with van der Waals surface area (Å²) in [6.07, 6.45) is -2.45. The largest absolute Gasteiger partial charge is 0.454 e. The van der Waals surface area contributed by atoms with Crippen molar-refractivity contribution in [3.63, 3.8) is 0 Å². The molecule has 0 amide bonds. The number of carbonyl (C=O) groups is 2. The van der Waals surface area contributed by atoms with E-state index in [0.717, 1.165) is 6.08 Å². The quantitative estimate of drug-likeness (QED) is 0.341. The minimum absolute atomic E-state index is 0.664. The predicted octanol–water partition coefficient (Wildman–Crippen LogP) is -2.00. The van der Waals surface area contributed by atoms with Crippen LogP contribution in [-0.4, -0.2) is 52.5 Å². The number of hydrogen-bond acceptors (Lipinski definition) is 6. The first-order chi connectivity index (χ1) is 6.52. The first-order valence-corrected chi connectivity index (χ1v) is 3.81. The lowest BCUT2D eigenvalue weighted by Gasteiger charge is -2.13. The Kier molecular flexibility index (Phi) is 5.70. The molecule has 0 aliphatic rings. The second-order valence-corrected chi connectivity index (χ2v) is 2.47. The van der Waals surface area contributed by atoms with Crippen molar-refractivity contribution in [2.75, 3.05) is 13.2 Å². The van der Waals surface area contributed by atoms with E-state index in [9.17, 15) is 9.59 Å². The lowest BCUT2D eigenvalue weighted by Crippen LogP contribution is -2.38. The number of esters is 1. The average molecular weight is 204 g/mol. The maximum Gasteiger partial charge on any atom is 0.330 e. The first kappa shape index (κ1) is 12.8. The van der Waals surface area contributed by atoms with Gasteiger partial charge in [-0.05, 0) is 0 Å². The van der Waals surface area contributed by atoms with Crippen molar-refractivity contribution < 1.29 is 29.6 Å². The molecule has 2 atom stereocenters. The Bertz CT molecular complexity index is 224. The van der Waals surface area contributed by atoms with E-state index in [1.54, 1.807) is 0 Å². The third kappa shape index (κ3) is 4.13. The van der Waals surface area contributed by atoms with E-state index in [1.807, 2.05) is 0 Å². The summed E-state index contributed by atoms with van der Waals surface area (Å²) in [5.74, 6) is -1.69. The van der Waals surface area contributed by atoms with Crippen LogP contribution in [0, 0.1) is 0 Å². The van der Waals surface area contributed by atoms with Gasteiger partial charge in [0.25, 0.3) is 0 Å². The summed E-state index contributed by atoms with van der Waals surface area (Å²) in [6, 6.07) is 0. The fourth-order valence-corrected chi connectivity index (χ4v) is 0.601. The van der Waals surface area contributed by atoms with Crippen molar-refractivity contribution in [2.24, 2.45) is 0 Å². The number of Topliss-reactive ketones (excluding diaryl/α,β-unsaturated/α-hetero) is 1. The van der Waals surface area contributed by atoms with Crippen molar-refractivity contribution in [1.29, 1.82) is 0 Å². The number of rotatable bonds is 6. The van der Waals surface area contributed by atoms with Gasteiger partial charge in [0.15, 0.2) is 6.61 Å². The molecule has 0 aliphatic heterocycles. The molecule has 14 heavy (non-hydrogen) atoms. The SMILES string of the molecule is C=CC(=O)OCC(=O)[C@H](O)[C@H](O)CO. The molecule has 0 saturated carbocycles. The average Bonchev–Trinajstić information content (AvgIpc) is 2.22. The highest BCUT2D eigenvalue weighted by Crippen LogP contribution is 1.95. The molecule has 0 bridgehead atoms. The van der Waals surface area contributed by atoms with E-state index in [-0.39, 0.29) is 0 Å². The highest BCUT2D eigenvalue weighted by molar-refractivity contribution is 5.88. The monoisotopic (exact) mass is 204 g/mol. The second-order valence-electron chi connectivity index (χ2n) is 2.47. The van der Waals surface area contributed by atoms with Crippen LogP contribution in [0.3, 0.4) is 0 Å². The summed E-state index contributed by atoms with van der Waals surface area (Å²) in [4.78, 5) is 21.4. The number of hydrogen-bond donors (Lipinski definition) is 3. The van der Waals surface area contributed by atoms with Gasteiger partial charge in [0.1, 0.15) is 12.2 Å². The highest BCUT2D eigenvalue weighted by Gasteiger charge is 2.23. The lowest BCUT2D eigenvalue weighted by atomic mass is 10.1. The maximum atomic E-state index is 10.9. The van der Waals surface area contributed by atoms with E-state index < -0.39 is 37.2 Å². The fourth-order valence-electron chi connectivity index (χ4n) is 0.601. The van der Waals surface area contributed by atoms with E-state index in [2.05, 4.69) is 11.3 Å². The van der Waals surface area contributed by atoms with Gasteiger partial charge in [-0.25, -0.2) is 4.79 Å².